The molecule has 1 fully saturated rings. The maximum atomic E-state index is 11.9. The lowest BCUT2D eigenvalue weighted by Gasteiger charge is -2.34. The van der Waals surface area contributed by atoms with Crippen LogP contribution in [-0.4, -0.2) is 27.7 Å². The van der Waals surface area contributed by atoms with Crippen LogP contribution in [0, 0.1) is 0 Å². The Morgan fingerprint density at radius 1 is 1.56 bits per heavy atom. The lowest BCUT2D eigenvalue weighted by Crippen LogP contribution is -2.47. The highest BCUT2D eigenvalue weighted by molar-refractivity contribution is 9.10. The van der Waals surface area contributed by atoms with Crippen molar-refractivity contribution in [1.29, 1.82) is 0 Å². The quantitative estimate of drug-likeness (QED) is 0.920. The number of hydrogen-bond acceptors (Lipinski definition) is 4. The van der Waals surface area contributed by atoms with Crippen LogP contribution in [0.3, 0.4) is 0 Å². The largest absolute Gasteiger partial charge is 0.381 e. The topological polar surface area (TPSA) is 55.4 Å². The van der Waals surface area contributed by atoms with Crippen molar-refractivity contribution in [3.63, 3.8) is 0 Å². The molecule has 1 aromatic rings. The molecule has 0 bridgehead atoms. The summed E-state index contributed by atoms with van der Waals surface area (Å²) in [5.74, 6) is 0. The molecule has 90 valence electrons. The Hall–Kier alpha value is 0.0500. The van der Waals surface area contributed by atoms with Crippen molar-refractivity contribution in [2.45, 2.75) is 29.2 Å². The van der Waals surface area contributed by atoms with Crippen molar-refractivity contribution in [1.82, 2.24) is 4.72 Å². The van der Waals surface area contributed by atoms with Gasteiger partial charge in [-0.1, -0.05) is 0 Å². The van der Waals surface area contributed by atoms with E-state index in [0.717, 1.165) is 12.8 Å². The van der Waals surface area contributed by atoms with E-state index < -0.39 is 10.0 Å². The molecule has 4 nitrogen and oxygen atoms in total. The number of halogens is 1. The van der Waals surface area contributed by atoms with Crippen LogP contribution in [0.4, 0.5) is 0 Å². The lowest BCUT2D eigenvalue weighted by atomic mass is 9.90. The summed E-state index contributed by atoms with van der Waals surface area (Å²) >= 11 is 4.44. The van der Waals surface area contributed by atoms with Gasteiger partial charge in [0.05, 0.1) is 6.10 Å². The molecule has 1 N–H and O–H groups in total. The van der Waals surface area contributed by atoms with Gasteiger partial charge in [0.15, 0.2) is 0 Å². The maximum absolute atomic E-state index is 11.9. The summed E-state index contributed by atoms with van der Waals surface area (Å²) in [6.07, 6.45) is 1.69. The van der Waals surface area contributed by atoms with Crippen LogP contribution in [-0.2, 0) is 14.8 Å². The molecular weight excluding hydrogens is 314 g/mol. The molecule has 0 spiro atoms. The third kappa shape index (κ3) is 2.48. The molecule has 1 heterocycles. The number of sulfonamides is 1. The van der Waals surface area contributed by atoms with Crippen molar-refractivity contribution in [2.75, 3.05) is 7.11 Å². The molecule has 16 heavy (non-hydrogen) atoms. The number of nitrogens with one attached hydrogen (secondary N) is 1. The van der Waals surface area contributed by atoms with Crippen LogP contribution >= 0.6 is 27.3 Å². The lowest BCUT2D eigenvalue weighted by molar-refractivity contribution is 0.0236. The average molecular weight is 326 g/mol. The number of hydrogen-bond donors (Lipinski definition) is 1. The minimum Gasteiger partial charge on any atom is -0.381 e. The Balaban J connectivity index is 2.03. The van der Waals surface area contributed by atoms with Gasteiger partial charge >= 0.3 is 0 Å². The van der Waals surface area contributed by atoms with Crippen LogP contribution in [0.1, 0.15) is 12.8 Å². The SMILES string of the molecule is COC1CC(NS(=O)(=O)c2sccc2Br)C1. The molecule has 0 radical (unpaired) electrons. The van der Waals surface area contributed by atoms with Crippen LogP contribution < -0.4 is 4.72 Å². The Kier molecular flexibility index (Phi) is 3.70. The number of rotatable bonds is 4. The smallest absolute Gasteiger partial charge is 0.251 e. The van der Waals surface area contributed by atoms with Crippen LogP contribution in [0.2, 0.25) is 0 Å². The predicted octanol–water partition coefficient (Wildman–Crippen LogP) is 1.97. The Labute approximate surface area is 107 Å². The van der Waals surface area contributed by atoms with Gasteiger partial charge in [-0.15, -0.1) is 11.3 Å². The van der Waals surface area contributed by atoms with Gasteiger partial charge in [0.25, 0.3) is 10.0 Å². The minimum atomic E-state index is -3.37. The first-order chi connectivity index (χ1) is 7.53. The zero-order valence-corrected chi connectivity index (χ0v) is 11.9. The van der Waals surface area contributed by atoms with E-state index >= 15 is 0 Å². The Morgan fingerprint density at radius 2 is 2.25 bits per heavy atom. The molecule has 1 aromatic heterocycles. The van der Waals surface area contributed by atoms with Gasteiger partial charge in [-0.25, -0.2) is 13.1 Å². The molecule has 0 saturated heterocycles. The van der Waals surface area contributed by atoms with Gasteiger partial charge in [-0.3, -0.25) is 0 Å². The summed E-state index contributed by atoms with van der Waals surface area (Å²) < 4.78 is 32.6. The van der Waals surface area contributed by atoms with Crippen LogP contribution in [0.15, 0.2) is 20.1 Å². The molecule has 0 unspecified atom stereocenters. The maximum Gasteiger partial charge on any atom is 0.251 e. The van der Waals surface area contributed by atoms with Gasteiger partial charge in [-0.2, -0.15) is 0 Å². The Bertz CT molecular complexity index is 465. The fraction of sp³-hybridized carbons (Fsp3) is 0.556. The molecule has 0 amide bonds. The van der Waals surface area contributed by atoms with Gasteiger partial charge in [0.2, 0.25) is 0 Å². The first-order valence-electron chi connectivity index (χ1n) is 4.81. The van der Waals surface area contributed by atoms with Crippen molar-refractivity contribution in [3.05, 3.63) is 15.9 Å². The van der Waals surface area contributed by atoms with E-state index in [-0.39, 0.29) is 12.1 Å². The highest BCUT2D eigenvalue weighted by Gasteiger charge is 2.33. The normalized spacial score (nSPS) is 25.4. The second kappa shape index (κ2) is 4.73. The van der Waals surface area contributed by atoms with E-state index in [1.54, 1.807) is 18.6 Å². The number of ether oxygens (including phenoxy) is 1. The third-order valence-electron chi connectivity index (χ3n) is 2.58. The molecule has 1 aliphatic carbocycles. The molecule has 0 atom stereocenters. The fourth-order valence-electron chi connectivity index (χ4n) is 1.60. The first kappa shape index (κ1) is 12.5. The number of methoxy groups -OCH3 is 1. The highest BCUT2D eigenvalue weighted by atomic mass is 79.9. The van der Waals surface area contributed by atoms with E-state index in [9.17, 15) is 8.42 Å². The van der Waals surface area contributed by atoms with Gasteiger partial charge in [0.1, 0.15) is 4.21 Å². The standard InChI is InChI=1S/C9H12BrNO3S2/c1-14-7-4-6(5-7)11-16(12,13)9-8(10)2-3-15-9/h2-3,6-7,11H,4-5H2,1H3. The van der Waals surface area contributed by atoms with E-state index in [1.807, 2.05) is 0 Å². The minimum absolute atomic E-state index is 0.00366. The molecule has 0 aromatic carbocycles. The van der Waals surface area contributed by atoms with Gasteiger partial charge in [-0.05, 0) is 40.2 Å². The predicted molar refractivity (Wildman–Crippen MR) is 66.2 cm³/mol. The molecule has 2 rings (SSSR count). The molecule has 1 aliphatic rings. The molecule has 7 heteroatoms. The average Bonchev–Trinajstić information content (AvgIpc) is 2.58. The summed E-state index contributed by atoms with van der Waals surface area (Å²) in [5, 5.41) is 1.75. The molecule has 0 aliphatic heterocycles. The van der Waals surface area contributed by atoms with Crippen LogP contribution in [0.25, 0.3) is 0 Å². The second-order valence-electron chi connectivity index (χ2n) is 3.70. The van der Waals surface area contributed by atoms with E-state index in [2.05, 4.69) is 20.7 Å². The Morgan fingerprint density at radius 3 is 2.75 bits per heavy atom. The summed E-state index contributed by atoms with van der Waals surface area (Å²) in [6, 6.07) is 1.74. The summed E-state index contributed by atoms with van der Waals surface area (Å²) in [5.41, 5.74) is 0. The van der Waals surface area contributed by atoms with Gasteiger partial charge in [0, 0.05) is 17.6 Å². The fourth-order valence-corrected chi connectivity index (χ4v) is 5.21. The van der Waals surface area contributed by atoms with Crippen molar-refractivity contribution in [3.8, 4) is 0 Å². The molecular formula is C9H12BrNO3S2. The van der Waals surface area contributed by atoms with Crippen molar-refractivity contribution < 1.29 is 13.2 Å². The zero-order chi connectivity index (χ0) is 11.8. The van der Waals surface area contributed by atoms with E-state index in [1.165, 1.54) is 11.3 Å². The monoisotopic (exact) mass is 325 g/mol. The zero-order valence-electron chi connectivity index (χ0n) is 8.64. The number of thiophene rings is 1. The van der Waals surface area contributed by atoms with E-state index in [4.69, 9.17) is 4.74 Å². The summed E-state index contributed by atoms with van der Waals surface area (Å²) in [4.78, 5) is 0. The summed E-state index contributed by atoms with van der Waals surface area (Å²) in [6.45, 7) is 0. The summed E-state index contributed by atoms with van der Waals surface area (Å²) in [7, 11) is -1.73. The second-order valence-corrected chi connectivity index (χ2v) is 7.38. The third-order valence-corrected chi connectivity index (χ3v) is 6.77. The van der Waals surface area contributed by atoms with Crippen molar-refractivity contribution >= 4 is 37.3 Å². The van der Waals surface area contributed by atoms with Crippen LogP contribution in [0.5, 0.6) is 0 Å². The highest BCUT2D eigenvalue weighted by Crippen LogP contribution is 2.30. The first-order valence-corrected chi connectivity index (χ1v) is 7.96. The van der Waals surface area contributed by atoms with Gasteiger partial charge < -0.3 is 4.74 Å². The van der Waals surface area contributed by atoms with E-state index in [0.29, 0.717) is 8.68 Å². The molecule has 1 saturated carbocycles. The van der Waals surface area contributed by atoms with Crippen molar-refractivity contribution in [2.24, 2.45) is 0 Å².